The molecule has 83 heavy (non-hydrogen) atoms. The molecule has 2 unspecified atom stereocenters. The van der Waals surface area contributed by atoms with Gasteiger partial charge in [-0.05, 0) is 103 Å². The van der Waals surface area contributed by atoms with E-state index in [2.05, 4.69) is 123 Å². The summed E-state index contributed by atoms with van der Waals surface area (Å²) in [6, 6.07) is 0. The van der Waals surface area contributed by atoms with Crippen LogP contribution in [0.2, 0.25) is 0 Å². The van der Waals surface area contributed by atoms with Crippen LogP contribution in [0.3, 0.4) is 0 Å². The van der Waals surface area contributed by atoms with Crippen molar-refractivity contribution in [2.45, 2.75) is 315 Å². The van der Waals surface area contributed by atoms with Gasteiger partial charge in [0.05, 0.1) is 13.2 Å². The molecule has 0 aliphatic heterocycles. The fourth-order valence-corrected chi connectivity index (χ4v) is 10.4. The van der Waals surface area contributed by atoms with E-state index in [1.165, 1.54) is 186 Å². The molecule has 0 spiro atoms. The Bertz CT molecular complexity index is 1730. The van der Waals surface area contributed by atoms with Crippen molar-refractivity contribution in [3.63, 3.8) is 0 Å². The summed E-state index contributed by atoms with van der Waals surface area (Å²) in [6.45, 7) is 3.64. The van der Waals surface area contributed by atoms with Crippen molar-refractivity contribution in [3.8, 4) is 0 Å². The van der Waals surface area contributed by atoms with Gasteiger partial charge in [-0.15, -0.1) is 0 Å². The van der Waals surface area contributed by atoms with Gasteiger partial charge >= 0.3 is 19.8 Å². The maximum absolute atomic E-state index is 12.8. The molecule has 0 bridgehead atoms. The van der Waals surface area contributed by atoms with Crippen LogP contribution in [-0.2, 0) is 32.7 Å². The third-order valence-electron chi connectivity index (χ3n) is 14.6. The van der Waals surface area contributed by atoms with Crippen LogP contribution in [0.25, 0.3) is 0 Å². The van der Waals surface area contributed by atoms with Crippen LogP contribution in [-0.4, -0.2) is 49.3 Å². The van der Waals surface area contributed by atoms with Gasteiger partial charge in [0.25, 0.3) is 0 Å². The molecular formula is C73H128NO8P. The highest BCUT2D eigenvalue weighted by Gasteiger charge is 2.26. The van der Waals surface area contributed by atoms with Crippen LogP contribution in [0.5, 0.6) is 0 Å². The molecule has 0 saturated heterocycles. The molecule has 0 saturated carbocycles. The van der Waals surface area contributed by atoms with Gasteiger partial charge in [-0.3, -0.25) is 18.6 Å². The topological polar surface area (TPSA) is 134 Å². The summed E-state index contributed by atoms with van der Waals surface area (Å²) in [6.07, 6.45) is 93.1. The molecule has 0 fully saturated rings. The average molecular weight is 1180 g/mol. The number of hydrogen-bond donors (Lipinski definition) is 2. The van der Waals surface area contributed by atoms with Gasteiger partial charge in [0.1, 0.15) is 6.61 Å². The first-order valence-electron chi connectivity index (χ1n) is 34.4. The van der Waals surface area contributed by atoms with E-state index in [9.17, 15) is 19.0 Å². The zero-order valence-corrected chi connectivity index (χ0v) is 54.5. The summed E-state index contributed by atoms with van der Waals surface area (Å²) in [5.41, 5.74) is 5.40. The number of nitrogens with two attached hydrogens (primary N) is 1. The van der Waals surface area contributed by atoms with E-state index in [-0.39, 0.29) is 38.6 Å². The van der Waals surface area contributed by atoms with E-state index >= 15 is 0 Å². The number of carbonyl (C=O) groups is 2. The van der Waals surface area contributed by atoms with Crippen LogP contribution in [0.4, 0.5) is 0 Å². The molecule has 10 heteroatoms. The first kappa shape index (κ1) is 79.7. The molecule has 0 rings (SSSR count). The fraction of sp³-hybridized carbons (Fsp3) is 0.726. The number of ether oxygens (including phenoxy) is 2. The van der Waals surface area contributed by atoms with Crippen molar-refractivity contribution in [2.75, 3.05) is 26.4 Å². The van der Waals surface area contributed by atoms with E-state index in [1.807, 2.05) is 0 Å². The molecule has 2 atom stereocenters. The Morgan fingerprint density at radius 2 is 0.663 bits per heavy atom. The molecule has 9 nitrogen and oxygen atoms in total. The summed E-state index contributed by atoms with van der Waals surface area (Å²) >= 11 is 0. The average Bonchev–Trinajstić information content (AvgIpc) is 3.49. The number of allylic oxidation sites excluding steroid dienone is 18. The second-order valence-corrected chi connectivity index (χ2v) is 24.1. The maximum atomic E-state index is 12.8. The number of unbranched alkanes of at least 4 members (excludes halogenated alkanes) is 33. The number of rotatable bonds is 64. The van der Waals surface area contributed by atoms with Crippen molar-refractivity contribution in [1.29, 1.82) is 0 Å². The maximum Gasteiger partial charge on any atom is 0.472 e. The van der Waals surface area contributed by atoms with E-state index in [0.717, 1.165) is 89.9 Å². The molecule has 0 aromatic heterocycles. The number of hydrogen-bond acceptors (Lipinski definition) is 8. The third kappa shape index (κ3) is 67.7. The van der Waals surface area contributed by atoms with E-state index in [4.69, 9.17) is 24.3 Å². The molecular weight excluding hydrogens is 1050 g/mol. The molecule has 478 valence electrons. The Labute approximate surface area is 511 Å². The molecule has 0 aromatic rings. The monoisotopic (exact) mass is 1180 g/mol. The molecule has 0 aromatic carbocycles. The largest absolute Gasteiger partial charge is 0.472 e. The SMILES string of the molecule is CC/C=C\C/C=C\C/C=C\C/C=C\C/C=C\C/C=C\CCCCCCCCCCCCCCCCC(=O)OC(COC(=O)CCCCCCCCCCCCCCCC/C=C\C/C=C\C/C=C\CCCCCCC)COP(=O)(O)OCCN. The molecule has 0 aliphatic carbocycles. The lowest BCUT2D eigenvalue weighted by molar-refractivity contribution is -0.161. The highest BCUT2D eigenvalue weighted by Crippen LogP contribution is 2.43. The Hall–Kier alpha value is -3.33. The van der Waals surface area contributed by atoms with Crippen molar-refractivity contribution in [1.82, 2.24) is 0 Å². The molecule has 3 N–H and O–H groups in total. The molecule has 0 amide bonds. The summed E-state index contributed by atoms with van der Waals surface area (Å²) in [4.78, 5) is 35.4. The van der Waals surface area contributed by atoms with E-state index in [1.54, 1.807) is 0 Å². The van der Waals surface area contributed by atoms with Crippen LogP contribution >= 0.6 is 7.82 Å². The highest BCUT2D eigenvalue weighted by molar-refractivity contribution is 7.47. The summed E-state index contributed by atoms with van der Waals surface area (Å²) in [7, 11) is -4.40. The zero-order valence-electron chi connectivity index (χ0n) is 53.7. The number of phosphoric acid groups is 1. The summed E-state index contributed by atoms with van der Waals surface area (Å²) in [5.74, 6) is -0.823. The van der Waals surface area contributed by atoms with E-state index in [0.29, 0.717) is 6.42 Å². The quantitative estimate of drug-likeness (QED) is 0.0264. The lowest BCUT2D eigenvalue weighted by Crippen LogP contribution is -2.29. The first-order valence-corrected chi connectivity index (χ1v) is 35.9. The van der Waals surface area contributed by atoms with Gasteiger partial charge in [0, 0.05) is 19.4 Å². The van der Waals surface area contributed by atoms with Gasteiger partial charge in [-0.2, -0.15) is 0 Å². The zero-order chi connectivity index (χ0) is 60.1. The lowest BCUT2D eigenvalue weighted by atomic mass is 10.0. The van der Waals surface area contributed by atoms with Crippen molar-refractivity contribution in [3.05, 3.63) is 109 Å². The minimum atomic E-state index is -4.40. The van der Waals surface area contributed by atoms with Crippen LogP contribution in [0.1, 0.15) is 309 Å². The van der Waals surface area contributed by atoms with Gasteiger partial charge in [0.2, 0.25) is 0 Å². The van der Waals surface area contributed by atoms with Crippen molar-refractivity contribution >= 4 is 19.8 Å². The second-order valence-electron chi connectivity index (χ2n) is 22.7. The summed E-state index contributed by atoms with van der Waals surface area (Å²) in [5, 5.41) is 0. The number of phosphoric ester groups is 1. The van der Waals surface area contributed by atoms with E-state index < -0.39 is 26.5 Å². The van der Waals surface area contributed by atoms with Gasteiger partial charge in [-0.25, -0.2) is 4.57 Å². The normalized spacial score (nSPS) is 13.6. The first-order chi connectivity index (χ1) is 40.8. The van der Waals surface area contributed by atoms with Crippen molar-refractivity contribution < 1.29 is 37.6 Å². The second kappa shape index (κ2) is 67.8. The smallest absolute Gasteiger partial charge is 0.462 e. The summed E-state index contributed by atoms with van der Waals surface area (Å²) < 4.78 is 33.2. The Morgan fingerprint density at radius 3 is 0.988 bits per heavy atom. The minimum Gasteiger partial charge on any atom is -0.462 e. The van der Waals surface area contributed by atoms with Crippen LogP contribution < -0.4 is 5.73 Å². The molecule has 0 aliphatic rings. The van der Waals surface area contributed by atoms with Gasteiger partial charge in [0.15, 0.2) is 6.10 Å². The fourth-order valence-electron chi connectivity index (χ4n) is 9.59. The van der Waals surface area contributed by atoms with Gasteiger partial charge < -0.3 is 20.1 Å². The minimum absolute atomic E-state index is 0.0500. The Morgan fingerprint density at radius 1 is 0.373 bits per heavy atom. The molecule has 0 heterocycles. The van der Waals surface area contributed by atoms with Crippen LogP contribution in [0.15, 0.2) is 109 Å². The highest BCUT2D eigenvalue weighted by atomic mass is 31.2. The van der Waals surface area contributed by atoms with Gasteiger partial charge in [-0.1, -0.05) is 303 Å². The predicted molar refractivity (Wildman–Crippen MR) is 358 cm³/mol. The molecule has 0 radical (unpaired) electrons. The lowest BCUT2D eigenvalue weighted by Gasteiger charge is -2.19. The predicted octanol–water partition coefficient (Wildman–Crippen LogP) is 22.5. The Kier molecular flexibility index (Phi) is 65.1. The van der Waals surface area contributed by atoms with Crippen molar-refractivity contribution in [2.24, 2.45) is 5.73 Å². The van der Waals surface area contributed by atoms with Crippen LogP contribution in [0, 0.1) is 0 Å². The third-order valence-corrected chi connectivity index (χ3v) is 15.6. The number of carbonyl (C=O) groups excluding carboxylic acids is 2. The standard InChI is InChI=1S/C73H128NO8P/c1-3-5-7-9-11-13-15-17-19-21-23-25-27-29-31-33-34-35-36-38-40-42-44-46-48-50-52-54-56-58-60-62-64-66-73(76)82-71(70-81-83(77,78)80-68-67-74)69-79-72(75)65-63-61-59-57-55-53-51-49-47-45-43-41-39-37-32-30-28-26-24-22-20-18-16-14-12-10-8-6-4-2/h5,7,11,13,16-19,22-25,28-31,34-35,71H,3-4,6,8-10,12,14-15,20-21,26-27,32-33,36-70,74H2,1-2H3,(H,77,78)/b7-5-,13-11-,18-16-,19-17-,24-22-,25-23-,30-28-,31-29-,35-34-. The Balaban J connectivity index is 3.90. The number of esters is 2.